The molecule has 0 unspecified atom stereocenters. The monoisotopic (exact) mass is 258 g/mol. The van der Waals surface area contributed by atoms with Crippen LogP contribution in [-0.2, 0) is 13.0 Å². The highest BCUT2D eigenvalue weighted by atomic mass is 16.4. The summed E-state index contributed by atoms with van der Waals surface area (Å²) in [5, 5.41) is 3.24. The molecule has 5 nitrogen and oxygen atoms in total. The molecule has 0 aliphatic heterocycles. The molecule has 0 atom stereocenters. The van der Waals surface area contributed by atoms with E-state index in [2.05, 4.69) is 17.2 Å². The molecule has 5 heteroatoms. The lowest BCUT2D eigenvalue weighted by molar-refractivity contribution is 0.476. The van der Waals surface area contributed by atoms with Gasteiger partial charge in [0.05, 0.1) is 12.1 Å². The van der Waals surface area contributed by atoms with Gasteiger partial charge in [-0.15, -0.1) is 0 Å². The predicted molar refractivity (Wildman–Crippen MR) is 72.2 cm³/mol. The Kier molecular flexibility index (Phi) is 2.87. The zero-order valence-corrected chi connectivity index (χ0v) is 10.5. The highest BCUT2D eigenvalue weighted by molar-refractivity contribution is 5.76. The molecule has 0 saturated carbocycles. The zero-order valence-electron chi connectivity index (χ0n) is 10.5. The third-order valence-electron chi connectivity index (χ3n) is 2.95. The standard InChI is InChI=1S/C14H14N2O3/c1-2-10-4-5-11(18-10)8-15-9-3-6-13-12(7-9)16-14(17)19-13/h3-7,15H,2,8H2,1H3,(H,16,17). The quantitative estimate of drug-likeness (QED) is 0.754. The van der Waals surface area contributed by atoms with Gasteiger partial charge in [-0.25, -0.2) is 4.79 Å². The number of hydrogen-bond acceptors (Lipinski definition) is 4. The second-order valence-corrected chi connectivity index (χ2v) is 4.30. The van der Waals surface area contributed by atoms with E-state index in [-0.39, 0.29) is 0 Å². The maximum atomic E-state index is 11.1. The molecule has 19 heavy (non-hydrogen) atoms. The van der Waals surface area contributed by atoms with Crippen LogP contribution in [0, 0.1) is 0 Å². The Morgan fingerprint density at radius 2 is 2.00 bits per heavy atom. The summed E-state index contributed by atoms with van der Waals surface area (Å²) < 4.78 is 10.6. The molecule has 2 aromatic heterocycles. The molecule has 0 radical (unpaired) electrons. The molecule has 2 N–H and O–H groups in total. The van der Waals surface area contributed by atoms with Gasteiger partial charge in [-0.3, -0.25) is 4.98 Å². The number of furan rings is 1. The summed E-state index contributed by atoms with van der Waals surface area (Å²) in [6, 6.07) is 9.40. The molecule has 0 aliphatic carbocycles. The van der Waals surface area contributed by atoms with Crippen LogP contribution in [0.15, 0.2) is 44.0 Å². The first kappa shape index (κ1) is 11.6. The SMILES string of the molecule is CCc1ccc(CNc2ccc3oc(=O)[nH]c3c2)o1. The normalized spacial score (nSPS) is 11.0. The molecule has 3 aromatic rings. The van der Waals surface area contributed by atoms with Crippen LogP contribution in [0.2, 0.25) is 0 Å². The summed E-state index contributed by atoms with van der Waals surface area (Å²) in [7, 11) is 0. The smallest absolute Gasteiger partial charge is 0.417 e. The van der Waals surface area contributed by atoms with E-state index in [1.54, 1.807) is 6.07 Å². The molecule has 0 fully saturated rings. The number of H-pyrrole nitrogens is 1. The molecule has 0 amide bonds. The van der Waals surface area contributed by atoms with E-state index in [1.807, 2.05) is 24.3 Å². The van der Waals surface area contributed by atoms with Crippen LogP contribution >= 0.6 is 0 Å². The Morgan fingerprint density at radius 1 is 1.16 bits per heavy atom. The van der Waals surface area contributed by atoms with Crippen LogP contribution in [0.3, 0.4) is 0 Å². The fraction of sp³-hybridized carbons (Fsp3) is 0.214. The number of aromatic amines is 1. The van der Waals surface area contributed by atoms with Crippen LogP contribution in [0.1, 0.15) is 18.4 Å². The number of rotatable bonds is 4. The Morgan fingerprint density at radius 3 is 2.79 bits per heavy atom. The first-order chi connectivity index (χ1) is 9.24. The highest BCUT2D eigenvalue weighted by Gasteiger charge is 2.03. The van der Waals surface area contributed by atoms with Crippen molar-refractivity contribution in [2.45, 2.75) is 19.9 Å². The maximum Gasteiger partial charge on any atom is 0.417 e. The zero-order chi connectivity index (χ0) is 13.2. The third-order valence-corrected chi connectivity index (χ3v) is 2.95. The minimum absolute atomic E-state index is 0.439. The van der Waals surface area contributed by atoms with Crippen LogP contribution in [0.4, 0.5) is 5.69 Å². The van der Waals surface area contributed by atoms with E-state index in [1.165, 1.54) is 0 Å². The first-order valence-corrected chi connectivity index (χ1v) is 6.19. The number of anilines is 1. The lowest BCUT2D eigenvalue weighted by Crippen LogP contribution is -1.98. The number of nitrogens with one attached hydrogen (secondary N) is 2. The van der Waals surface area contributed by atoms with Gasteiger partial charge in [0.15, 0.2) is 5.58 Å². The number of oxazole rings is 1. The van der Waals surface area contributed by atoms with Crippen LogP contribution in [-0.4, -0.2) is 4.98 Å². The van der Waals surface area contributed by atoms with Crippen molar-refractivity contribution in [3.8, 4) is 0 Å². The Hall–Kier alpha value is -2.43. The number of hydrogen-bond donors (Lipinski definition) is 2. The summed E-state index contributed by atoms with van der Waals surface area (Å²) in [5.41, 5.74) is 2.14. The molecule has 1 aromatic carbocycles. The van der Waals surface area contributed by atoms with Crippen LogP contribution in [0.5, 0.6) is 0 Å². The number of aromatic nitrogens is 1. The van der Waals surface area contributed by atoms with Gasteiger partial charge in [0, 0.05) is 12.1 Å². The largest absolute Gasteiger partial charge is 0.464 e. The first-order valence-electron chi connectivity index (χ1n) is 6.19. The van der Waals surface area contributed by atoms with Crippen molar-refractivity contribution in [3.63, 3.8) is 0 Å². The predicted octanol–water partition coefficient (Wildman–Crippen LogP) is 2.89. The lowest BCUT2D eigenvalue weighted by Gasteiger charge is -2.03. The molecule has 0 spiro atoms. The van der Waals surface area contributed by atoms with Gasteiger partial charge in [0.2, 0.25) is 0 Å². The molecule has 2 heterocycles. The van der Waals surface area contributed by atoms with E-state index < -0.39 is 5.76 Å². The second-order valence-electron chi connectivity index (χ2n) is 4.30. The summed E-state index contributed by atoms with van der Waals surface area (Å²) in [4.78, 5) is 13.7. The second kappa shape index (κ2) is 4.68. The lowest BCUT2D eigenvalue weighted by atomic mass is 10.3. The maximum absolute atomic E-state index is 11.1. The van der Waals surface area contributed by atoms with Crippen molar-refractivity contribution in [2.75, 3.05) is 5.32 Å². The van der Waals surface area contributed by atoms with E-state index in [0.717, 1.165) is 23.6 Å². The Bertz CT molecular complexity index is 751. The van der Waals surface area contributed by atoms with Crippen molar-refractivity contribution in [1.82, 2.24) is 4.98 Å². The van der Waals surface area contributed by atoms with E-state index in [9.17, 15) is 4.79 Å². The fourth-order valence-corrected chi connectivity index (χ4v) is 1.96. The fourth-order valence-electron chi connectivity index (χ4n) is 1.96. The van der Waals surface area contributed by atoms with Gasteiger partial charge in [0.1, 0.15) is 11.5 Å². The van der Waals surface area contributed by atoms with Crippen molar-refractivity contribution in [2.24, 2.45) is 0 Å². The summed E-state index contributed by atoms with van der Waals surface area (Å²) in [6.45, 7) is 2.66. The topological polar surface area (TPSA) is 71.2 Å². The minimum atomic E-state index is -0.439. The number of fused-ring (bicyclic) bond motifs is 1. The number of aryl methyl sites for hydroxylation is 1. The third kappa shape index (κ3) is 2.40. The van der Waals surface area contributed by atoms with E-state index in [0.29, 0.717) is 17.6 Å². The molecule has 0 saturated heterocycles. The van der Waals surface area contributed by atoms with Gasteiger partial charge >= 0.3 is 5.76 Å². The van der Waals surface area contributed by atoms with Crippen molar-refractivity contribution in [3.05, 3.63) is 52.4 Å². The molecule has 98 valence electrons. The minimum Gasteiger partial charge on any atom is -0.464 e. The van der Waals surface area contributed by atoms with E-state index in [4.69, 9.17) is 8.83 Å². The average molecular weight is 258 g/mol. The van der Waals surface area contributed by atoms with Gasteiger partial charge in [-0.05, 0) is 30.3 Å². The molecular formula is C14H14N2O3. The Balaban J connectivity index is 1.75. The summed E-state index contributed by atoms with van der Waals surface area (Å²) >= 11 is 0. The number of benzene rings is 1. The Labute approximate surface area is 109 Å². The van der Waals surface area contributed by atoms with Crippen molar-refractivity contribution >= 4 is 16.8 Å². The van der Waals surface area contributed by atoms with Gasteiger partial charge < -0.3 is 14.2 Å². The van der Waals surface area contributed by atoms with Crippen molar-refractivity contribution < 1.29 is 8.83 Å². The summed E-state index contributed by atoms with van der Waals surface area (Å²) in [5.74, 6) is 1.43. The molecule has 3 rings (SSSR count). The average Bonchev–Trinajstić information content (AvgIpc) is 3.00. The van der Waals surface area contributed by atoms with Gasteiger partial charge in [0.25, 0.3) is 0 Å². The molecule has 0 bridgehead atoms. The summed E-state index contributed by atoms with van der Waals surface area (Å²) in [6.07, 6.45) is 0.891. The van der Waals surface area contributed by atoms with Crippen LogP contribution < -0.4 is 11.1 Å². The molecule has 0 aliphatic rings. The van der Waals surface area contributed by atoms with Crippen LogP contribution in [0.25, 0.3) is 11.1 Å². The van der Waals surface area contributed by atoms with Gasteiger partial charge in [-0.1, -0.05) is 6.92 Å². The highest BCUT2D eigenvalue weighted by Crippen LogP contribution is 2.17. The van der Waals surface area contributed by atoms with Gasteiger partial charge in [-0.2, -0.15) is 0 Å². The van der Waals surface area contributed by atoms with E-state index >= 15 is 0 Å². The van der Waals surface area contributed by atoms with Crippen molar-refractivity contribution in [1.29, 1.82) is 0 Å². The molecular weight excluding hydrogens is 244 g/mol.